The quantitative estimate of drug-likeness (QED) is 0.216. The summed E-state index contributed by atoms with van der Waals surface area (Å²) < 4.78 is 87.7. The summed E-state index contributed by atoms with van der Waals surface area (Å²) in [6.45, 7) is -0.813. The van der Waals surface area contributed by atoms with Crippen LogP contribution in [0.25, 0.3) is 0 Å². The van der Waals surface area contributed by atoms with Gasteiger partial charge < -0.3 is 9.47 Å². The number of hydrazine groups is 2. The molecular formula is C19H14F6N4O4. The summed E-state index contributed by atoms with van der Waals surface area (Å²) in [5, 5.41) is 0. The zero-order chi connectivity index (χ0) is 24.1. The molecule has 0 aromatic heterocycles. The number of hydrogen-bond acceptors (Lipinski definition) is 8. The molecule has 33 heavy (non-hydrogen) atoms. The molecule has 0 unspecified atom stereocenters. The lowest BCUT2D eigenvalue weighted by Gasteiger charge is -2.16. The fraction of sp³-hybridized carbons (Fsp3) is 0.263. The van der Waals surface area contributed by atoms with E-state index in [0.717, 1.165) is 48.5 Å². The Morgan fingerprint density at radius 2 is 0.939 bits per heavy atom. The highest BCUT2D eigenvalue weighted by molar-refractivity contribution is 5.90. The Morgan fingerprint density at radius 1 is 0.636 bits per heavy atom. The van der Waals surface area contributed by atoms with Crippen LogP contribution >= 0.6 is 0 Å². The molecule has 0 radical (unpaired) electrons. The number of ether oxygens (including phenoxy) is 2. The van der Waals surface area contributed by atoms with E-state index < -0.39 is 42.4 Å². The number of hydrogen-bond donors (Lipinski definition) is 4. The molecule has 176 valence electrons. The van der Waals surface area contributed by atoms with E-state index in [1.54, 1.807) is 0 Å². The van der Waals surface area contributed by atoms with Gasteiger partial charge in [0.25, 0.3) is 0 Å². The Kier molecular flexibility index (Phi) is 5.35. The maximum atomic E-state index is 13.0. The highest BCUT2D eigenvalue weighted by Crippen LogP contribution is 2.43. The second-order valence-electron chi connectivity index (χ2n) is 7.13. The maximum absolute atomic E-state index is 13.0. The minimum absolute atomic E-state index is 0.0843. The van der Waals surface area contributed by atoms with Crippen LogP contribution in [0.15, 0.2) is 48.5 Å². The lowest BCUT2D eigenvalue weighted by Crippen LogP contribution is -2.34. The van der Waals surface area contributed by atoms with Crippen molar-refractivity contribution in [3.05, 3.63) is 70.8 Å². The van der Waals surface area contributed by atoms with Crippen LogP contribution in [0, 0.1) is 0 Å². The predicted octanol–water partition coefficient (Wildman–Crippen LogP) is 2.30. The van der Waals surface area contributed by atoms with E-state index in [4.69, 9.17) is 9.47 Å². The lowest BCUT2D eigenvalue weighted by molar-refractivity contribution is -0.166. The van der Waals surface area contributed by atoms with Crippen molar-refractivity contribution < 1.29 is 45.4 Å². The third-order valence-corrected chi connectivity index (χ3v) is 5.09. The zero-order valence-electron chi connectivity index (χ0n) is 16.2. The van der Waals surface area contributed by atoms with Crippen molar-refractivity contribution in [2.45, 2.75) is 23.7 Å². The molecule has 0 atom stereocenters. The number of carbonyl (C=O) groups is 2. The van der Waals surface area contributed by atoms with E-state index in [-0.39, 0.29) is 22.3 Å². The van der Waals surface area contributed by atoms with Gasteiger partial charge in [-0.2, -0.15) is 26.3 Å². The molecule has 0 aliphatic carbocycles. The lowest BCUT2D eigenvalue weighted by atomic mass is 10.0. The summed E-state index contributed by atoms with van der Waals surface area (Å²) in [4.78, 5) is 24.0. The SMILES string of the molecule is O=C(OCOC(=O)c1ccc(C2(C(F)(F)F)NN2)cc1)c1ccc(C2(C(F)(F)F)NN2)cc1. The molecule has 2 saturated heterocycles. The van der Waals surface area contributed by atoms with E-state index in [1.807, 2.05) is 21.7 Å². The molecule has 2 fully saturated rings. The van der Waals surface area contributed by atoms with Gasteiger partial charge in [-0.1, -0.05) is 24.3 Å². The summed E-state index contributed by atoms with van der Waals surface area (Å²) >= 11 is 0. The number of nitrogens with one attached hydrogen (secondary N) is 4. The number of alkyl halides is 6. The minimum Gasteiger partial charge on any atom is -0.424 e. The first-order valence-corrected chi connectivity index (χ1v) is 9.17. The Bertz CT molecular complexity index is 976. The summed E-state index contributed by atoms with van der Waals surface area (Å²) in [5.74, 6) is -1.92. The number of benzene rings is 2. The maximum Gasteiger partial charge on any atom is 0.426 e. The van der Waals surface area contributed by atoms with E-state index in [1.165, 1.54) is 0 Å². The third kappa shape index (κ3) is 4.13. The van der Waals surface area contributed by atoms with Gasteiger partial charge in [-0.15, -0.1) is 0 Å². The van der Waals surface area contributed by atoms with Crippen molar-refractivity contribution in [2.75, 3.05) is 6.79 Å². The minimum atomic E-state index is -4.60. The number of esters is 2. The summed E-state index contributed by atoms with van der Waals surface area (Å²) in [6, 6.07) is 8.80. The summed E-state index contributed by atoms with van der Waals surface area (Å²) in [7, 11) is 0. The first kappa shape index (κ1) is 23.0. The number of carbonyl (C=O) groups excluding carboxylic acids is 2. The average molecular weight is 476 g/mol. The Balaban J connectivity index is 1.30. The van der Waals surface area contributed by atoms with Gasteiger partial charge in [0.2, 0.25) is 18.1 Å². The van der Waals surface area contributed by atoms with Gasteiger partial charge in [-0.05, 0) is 35.4 Å². The van der Waals surface area contributed by atoms with Gasteiger partial charge in [0, 0.05) is 0 Å². The van der Waals surface area contributed by atoms with Gasteiger partial charge in [0.15, 0.2) is 0 Å². The fourth-order valence-corrected chi connectivity index (χ4v) is 3.04. The molecule has 2 aliphatic heterocycles. The second kappa shape index (κ2) is 7.69. The van der Waals surface area contributed by atoms with Gasteiger partial charge in [-0.3, -0.25) is 0 Å². The first-order valence-electron chi connectivity index (χ1n) is 9.17. The summed E-state index contributed by atoms with van der Waals surface area (Å²) in [6.07, 6.45) is -9.19. The first-order chi connectivity index (χ1) is 15.4. The van der Waals surface area contributed by atoms with Crippen LogP contribution in [0.3, 0.4) is 0 Å². The van der Waals surface area contributed by atoms with E-state index in [2.05, 4.69) is 0 Å². The molecule has 2 aromatic rings. The molecule has 8 nitrogen and oxygen atoms in total. The smallest absolute Gasteiger partial charge is 0.424 e. The molecule has 0 saturated carbocycles. The standard InChI is InChI=1S/C19H14F6N4O4/c20-18(21,22)16(26-27-16)12-5-1-10(2-6-12)14(30)32-9-33-15(31)11-3-7-13(8-4-11)17(28-29-17)19(23,24)25/h1-8,26-29H,9H2. The highest BCUT2D eigenvalue weighted by atomic mass is 19.4. The number of rotatable bonds is 6. The molecule has 2 aromatic carbocycles. The summed E-state index contributed by atoms with van der Waals surface area (Å²) in [5.41, 5.74) is 2.87. The molecule has 0 amide bonds. The molecule has 2 aliphatic rings. The fourth-order valence-electron chi connectivity index (χ4n) is 3.04. The molecule has 4 N–H and O–H groups in total. The van der Waals surface area contributed by atoms with Crippen molar-refractivity contribution in [3.63, 3.8) is 0 Å². The van der Waals surface area contributed by atoms with Gasteiger partial charge >= 0.3 is 24.3 Å². The van der Waals surface area contributed by atoms with Crippen LogP contribution in [0.1, 0.15) is 31.8 Å². The molecule has 4 rings (SSSR count). The van der Waals surface area contributed by atoms with Crippen molar-refractivity contribution >= 4 is 11.9 Å². The Labute approximate surface area is 181 Å². The van der Waals surface area contributed by atoms with Crippen LogP contribution < -0.4 is 21.7 Å². The number of halogens is 6. The Hall–Kier alpha value is -3.20. The van der Waals surface area contributed by atoms with Crippen molar-refractivity contribution in [3.8, 4) is 0 Å². The largest absolute Gasteiger partial charge is 0.426 e. The van der Waals surface area contributed by atoms with E-state index >= 15 is 0 Å². The van der Waals surface area contributed by atoms with Crippen molar-refractivity contribution in [1.29, 1.82) is 0 Å². The molecule has 14 heteroatoms. The monoisotopic (exact) mass is 476 g/mol. The Morgan fingerprint density at radius 3 is 1.18 bits per heavy atom. The van der Waals surface area contributed by atoms with Gasteiger partial charge in [-0.25, -0.2) is 31.3 Å². The predicted molar refractivity (Wildman–Crippen MR) is 96.6 cm³/mol. The van der Waals surface area contributed by atoms with Crippen LogP contribution in [-0.4, -0.2) is 31.1 Å². The second-order valence-corrected chi connectivity index (χ2v) is 7.13. The van der Waals surface area contributed by atoms with Gasteiger partial charge in [0.1, 0.15) is 0 Å². The third-order valence-electron chi connectivity index (χ3n) is 5.09. The average Bonchev–Trinajstić information content (AvgIpc) is 3.66. The topological polar surface area (TPSA) is 140 Å². The van der Waals surface area contributed by atoms with Crippen molar-refractivity contribution in [1.82, 2.24) is 21.7 Å². The molecular weight excluding hydrogens is 462 g/mol. The van der Waals surface area contributed by atoms with E-state index in [9.17, 15) is 35.9 Å². The van der Waals surface area contributed by atoms with Crippen LogP contribution in [0.5, 0.6) is 0 Å². The van der Waals surface area contributed by atoms with Gasteiger partial charge in [0.05, 0.1) is 11.1 Å². The zero-order valence-corrected chi connectivity index (χ0v) is 16.2. The normalized spacial score (nSPS) is 18.4. The van der Waals surface area contributed by atoms with E-state index in [0.29, 0.717) is 0 Å². The molecule has 0 bridgehead atoms. The molecule has 0 spiro atoms. The highest BCUT2D eigenvalue weighted by Gasteiger charge is 2.66. The molecule has 2 heterocycles. The van der Waals surface area contributed by atoms with Crippen LogP contribution in [0.2, 0.25) is 0 Å². The van der Waals surface area contributed by atoms with Crippen LogP contribution in [0.4, 0.5) is 26.3 Å². The van der Waals surface area contributed by atoms with Crippen LogP contribution in [-0.2, 0) is 20.8 Å². The van der Waals surface area contributed by atoms with Crippen molar-refractivity contribution in [2.24, 2.45) is 0 Å².